The summed E-state index contributed by atoms with van der Waals surface area (Å²) in [7, 11) is 0. The SMILES string of the molecule is c1ccc(-c2nc(-c3ccccc3)nc(-c3cccc4c3Oc3c(-c5cc(-c6ccncc6)nc(-c6ccncc6)c5)cccc3C43c4ccccc4-c4ccccc43)n2)cc1. The van der Waals surface area contributed by atoms with Crippen molar-refractivity contribution in [3.05, 3.63) is 229 Å². The van der Waals surface area contributed by atoms with Gasteiger partial charge in [-0.1, -0.05) is 140 Å². The Morgan fingerprint density at radius 3 is 1.26 bits per heavy atom. The van der Waals surface area contributed by atoms with Gasteiger partial charge in [-0.15, -0.1) is 0 Å². The molecule has 0 saturated carbocycles. The maximum absolute atomic E-state index is 7.51. The van der Waals surface area contributed by atoms with Crippen LogP contribution < -0.4 is 4.74 Å². The number of para-hydroxylation sites is 2. The van der Waals surface area contributed by atoms with Gasteiger partial charge in [-0.05, 0) is 70.3 Å². The van der Waals surface area contributed by atoms with E-state index in [1.807, 2.05) is 84.9 Å². The highest BCUT2D eigenvalue weighted by molar-refractivity contribution is 5.92. The molecule has 0 amide bonds. The van der Waals surface area contributed by atoms with Gasteiger partial charge in [-0.3, -0.25) is 9.97 Å². The monoisotopic (exact) mass is 794 g/mol. The van der Waals surface area contributed by atoms with Crippen molar-refractivity contribution >= 4 is 0 Å². The predicted molar refractivity (Wildman–Crippen MR) is 243 cm³/mol. The number of nitrogens with zero attached hydrogens (tertiary/aromatic N) is 6. The second-order valence-electron chi connectivity index (χ2n) is 15.4. The molecule has 0 atom stereocenters. The van der Waals surface area contributed by atoms with Crippen LogP contribution in [0.25, 0.3) is 78.9 Å². The minimum atomic E-state index is -0.742. The molecule has 12 rings (SSSR count). The Balaban J connectivity index is 1.16. The molecule has 1 aliphatic carbocycles. The zero-order chi connectivity index (χ0) is 41.0. The van der Waals surface area contributed by atoms with E-state index in [4.69, 9.17) is 24.7 Å². The Bertz CT molecular complexity index is 2980. The van der Waals surface area contributed by atoms with Crippen LogP contribution in [0.3, 0.4) is 0 Å². The number of fused-ring (bicyclic) bond motifs is 9. The normalized spacial score (nSPS) is 12.8. The summed E-state index contributed by atoms with van der Waals surface area (Å²) < 4.78 is 7.51. The quantitative estimate of drug-likeness (QED) is 0.166. The summed E-state index contributed by atoms with van der Waals surface area (Å²) in [4.78, 5) is 29.2. The summed E-state index contributed by atoms with van der Waals surface area (Å²) in [6, 6.07) is 62.9. The molecule has 1 spiro atoms. The second-order valence-corrected chi connectivity index (χ2v) is 15.4. The smallest absolute Gasteiger partial charge is 0.167 e. The average Bonchev–Trinajstić information content (AvgIpc) is 3.65. The van der Waals surface area contributed by atoms with Crippen molar-refractivity contribution in [1.29, 1.82) is 0 Å². The molecule has 290 valence electrons. The fraction of sp³-hybridized carbons (Fsp3) is 0.0182. The van der Waals surface area contributed by atoms with E-state index in [9.17, 15) is 0 Å². The molecular formula is C55H34N6O. The molecule has 0 N–H and O–H groups in total. The zero-order valence-corrected chi connectivity index (χ0v) is 33.2. The number of rotatable bonds is 6. The van der Waals surface area contributed by atoms with Gasteiger partial charge in [-0.2, -0.15) is 0 Å². The Morgan fingerprint density at radius 2 is 0.726 bits per heavy atom. The first kappa shape index (κ1) is 35.5. The molecule has 1 aliphatic heterocycles. The summed E-state index contributed by atoms with van der Waals surface area (Å²) in [5, 5.41) is 0. The van der Waals surface area contributed by atoms with E-state index >= 15 is 0 Å². The molecule has 10 aromatic rings. The lowest BCUT2D eigenvalue weighted by Crippen LogP contribution is -2.32. The van der Waals surface area contributed by atoms with Crippen molar-refractivity contribution in [3.8, 4) is 90.4 Å². The van der Waals surface area contributed by atoms with E-state index in [-0.39, 0.29) is 0 Å². The fourth-order valence-corrected chi connectivity index (χ4v) is 9.31. The summed E-state index contributed by atoms with van der Waals surface area (Å²) >= 11 is 0. The van der Waals surface area contributed by atoms with Crippen LogP contribution >= 0.6 is 0 Å². The predicted octanol–water partition coefficient (Wildman–Crippen LogP) is 12.5. The molecule has 6 aromatic carbocycles. The first-order chi connectivity index (χ1) is 30.7. The van der Waals surface area contributed by atoms with Gasteiger partial charge in [0.2, 0.25) is 0 Å². The first-order valence-corrected chi connectivity index (χ1v) is 20.6. The summed E-state index contributed by atoms with van der Waals surface area (Å²) in [5.74, 6) is 3.14. The number of hydrogen-bond acceptors (Lipinski definition) is 7. The lowest BCUT2D eigenvalue weighted by Gasteiger charge is -2.40. The molecular weight excluding hydrogens is 761 g/mol. The molecule has 2 aliphatic rings. The zero-order valence-electron chi connectivity index (χ0n) is 33.2. The van der Waals surface area contributed by atoms with E-state index in [1.165, 1.54) is 22.3 Å². The van der Waals surface area contributed by atoms with E-state index in [0.29, 0.717) is 23.2 Å². The van der Waals surface area contributed by atoms with Crippen molar-refractivity contribution in [1.82, 2.24) is 29.9 Å². The van der Waals surface area contributed by atoms with Gasteiger partial charge in [0.25, 0.3) is 0 Å². The van der Waals surface area contributed by atoms with Crippen LogP contribution in [0.5, 0.6) is 11.5 Å². The van der Waals surface area contributed by atoms with Crippen molar-refractivity contribution < 1.29 is 4.74 Å². The Hall–Kier alpha value is -8.42. The minimum Gasteiger partial charge on any atom is -0.455 e. The number of hydrogen-bond donors (Lipinski definition) is 0. The maximum atomic E-state index is 7.51. The largest absolute Gasteiger partial charge is 0.455 e. The summed E-state index contributed by atoms with van der Waals surface area (Å²) in [6.07, 6.45) is 7.20. The van der Waals surface area contributed by atoms with Crippen LogP contribution in [0.15, 0.2) is 207 Å². The van der Waals surface area contributed by atoms with Crippen molar-refractivity contribution in [2.45, 2.75) is 5.41 Å². The van der Waals surface area contributed by atoms with Gasteiger partial charge >= 0.3 is 0 Å². The minimum absolute atomic E-state index is 0.522. The molecule has 0 bridgehead atoms. The molecule has 5 heterocycles. The highest BCUT2D eigenvalue weighted by Crippen LogP contribution is 2.64. The molecule has 0 unspecified atom stereocenters. The average molecular weight is 795 g/mol. The molecule has 0 radical (unpaired) electrons. The molecule has 7 nitrogen and oxygen atoms in total. The van der Waals surface area contributed by atoms with Gasteiger partial charge in [0.05, 0.1) is 22.4 Å². The fourth-order valence-electron chi connectivity index (χ4n) is 9.31. The van der Waals surface area contributed by atoms with Gasteiger partial charge < -0.3 is 4.74 Å². The van der Waals surface area contributed by atoms with Crippen LogP contribution in [0.4, 0.5) is 0 Å². The molecule has 0 saturated heterocycles. The summed E-state index contributed by atoms with van der Waals surface area (Å²) in [5.41, 5.74) is 14.1. The van der Waals surface area contributed by atoms with Crippen LogP contribution in [0.1, 0.15) is 22.3 Å². The van der Waals surface area contributed by atoms with Crippen LogP contribution in [0, 0.1) is 0 Å². The Morgan fingerprint density at radius 1 is 0.306 bits per heavy atom. The van der Waals surface area contributed by atoms with Crippen LogP contribution in [-0.4, -0.2) is 29.9 Å². The van der Waals surface area contributed by atoms with E-state index in [2.05, 4.69) is 107 Å². The number of pyridine rings is 3. The molecule has 0 fully saturated rings. The van der Waals surface area contributed by atoms with Gasteiger partial charge in [0, 0.05) is 63.7 Å². The lowest BCUT2D eigenvalue weighted by atomic mass is 9.65. The van der Waals surface area contributed by atoms with Crippen LogP contribution in [0.2, 0.25) is 0 Å². The number of benzene rings is 6. The van der Waals surface area contributed by atoms with Gasteiger partial charge in [0.15, 0.2) is 17.5 Å². The van der Waals surface area contributed by atoms with Crippen molar-refractivity contribution in [3.63, 3.8) is 0 Å². The topological polar surface area (TPSA) is 86.6 Å². The first-order valence-electron chi connectivity index (χ1n) is 20.6. The van der Waals surface area contributed by atoms with Gasteiger partial charge in [-0.25, -0.2) is 19.9 Å². The second kappa shape index (κ2) is 14.4. The third-order valence-corrected chi connectivity index (χ3v) is 12.0. The van der Waals surface area contributed by atoms with E-state index < -0.39 is 5.41 Å². The highest BCUT2D eigenvalue weighted by atomic mass is 16.5. The molecule has 4 aromatic heterocycles. The third-order valence-electron chi connectivity index (χ3n) is 12.0. The van der Waals surface area contributed by atoms with Crippen molar-refractivity contribution in [2.24, 2.45) is 0 Å². The Labute approximate surface area is 358 Å². The Kier molecular flexibility index (Phi) is 8.25. The standard InChI is InChI=1S/C55H34N6O/c1-3-13-37(14-4-1)52-59-53(38-15-5-2-6-16-38)61-54(60-52)43-20-12-24-47-51(43)62-50-40(39-33-48(35-25-29-56-30-26-35)58-49(34-39)36-27-31-57-32-28-36)19-11-23-46(50)55(47)44-21-9-7-17-41(44)42-18-8-10-22-45(42)55/h1-34H. The maximum Gasteiger partial charge on any atom is 0.167 e. The van der Waals surface area contributed by atoms with E-state index in [0.717, 1.165) is 67.2 Å². The highest BCUT2D eigenvalue weighted by Gasteiger charge is 2.52. The number of aromatic nitrogens is 6. The molecule has 7 heteroatoms. The lowest BCUT2D eigenvalue weighted by molar-refractivity contribution is 0.439. The van der Waals surface area contributed by atoms with Crippen LogP contribution in [-0.2, 0) is 5.41 Å². The molecule has 62 heavy (non-hydrogen) atoms. The third kappa shape index (κ3) is 5.59. The number of ether oxygens (including phenoxy) is 1. The van der Waals surface area contributed by atoms with E-state index in [1.54, 1.807) is 24.8 Å². The summed E-state index contributed by atoms with van der Waals surface area (Å²) in [6.45, 7) is 0. The van der Waals surface area contributed by atoms with Gasteiger partial charge in [0.1, 0.15) is 11.5 Å². The van der Waals surface area contributed by atoms with Crippen molar-refractivity contribution in [2.75, 3.05) is 0 Å².